The van der Waals surface area contributed by atoms with Crippen molar-refractivity contribution in [3.63, 3.8) is 0 Å². The van der Waals surface area contributed by atoms with Gasteiger partial charge in [0.15, 0.2) is 0 Å². The van der Waals surface area contributed by atoms with Gasteiger partial charge in [0.05, 0.1) is 0 Å². The highest BCUT2D eigenvalue weighted by atomic mass is 16.4. The summed E-state index contributed by atoms with van der Waals surface area (Å²) in [7, 11) is 0. The molecule has 13 heavy (non-hydrogen) atoms. The van der Waals surface area contributed by atoms with Gasteiger partial charge < -0.3 is 15.7 Å². The summed E-state index contributed by atoms with van der Waals surface area (Å²) in [6.07, 6.45) is 3.27. The number of hydrogen-bond acceptors (Lipinski definition) is 2. The third kappa shape index (κ3) is 1.67. The maximum absolute atomic E-state index is 10.5. The Balaban J connectivity index is 2.05. The maximum Gasteiger partial charge on any atom is 0.404 e. The lowest BCUT2D eigenvalue weighted by Gasteiger charge is -2.27. The fourth-order valence-electron chi connectivity index (χ4n) is 2.24. The van der Waals surface area contributed by atoms with Gasteiger partial charge in [-0.3, -0.25) is 0 Å². The Morgan fingerprint density at radius 1 is 1.69 bits per heavy atom. The first-order chi connectivity index (χ1) is 6.27. The van der Waals surface area contributed by atoms with Gasteiger partial charge >= 0.3 is 6.09 Å². The SMILES string of the molecule is O=C(O)NC1CCC=C2CNCC21. The lowest BCUT2D eigenvalue weighted by molar-refractivity contribution is 0.185. The van der Waals surface area contributed by atoms with E-state index in [1.165, 1.54) is 5.57 Å². The van der Waals surface area contributed by atoms with E-state index in [0.717, 1.165) is 25.9 Å². The monoisotopic (exact) mass is 182 g/mol. The smallest absolute Gasteiger partial charge is 0.404 e. The molecule has 1 aliphatic carbocycles. The molecular weight excluding hydrogens is 168 g/mol. The minimum Gasteiger partial charge on any atom is -0.465 e. The van der Waals surface area contributed by atoms with Crippen LogP contribution in [0.2, 0.25) is 0 Å². The molecule has 2 rings (SSSR count). The van der Waals surface area contributed by atoms with E-state index in [0.29, 0.717) is 5.92 Å². The molecule has 0 aromatic heterocycles. The Morgan fingerprint density at radius 2 is 2.54 bits per heavy atom. The van der Waals surface area contributed by atoms with Crippen molar-refractivity contribution in [2.24, 2.45) is 5.92 Å². The van der Waals surface area contributed by atoms with Gasteiger partial charge in [-0.25, -0.2) is 4.79 Å². The Hall–Kier alpha value is -1.03. The number of nitrogens with one attached hydrogen (secondary N) is 2. The van der Waals surface area contributed by atoms with Crippen LogP contribution in [-0.4, -0.2) is 30.3 Å². The van der Waals surface area contributed by atoms with Gasteiger partial charge in [0.2, 0.25) is 0 Å². The Labute approximate surface area is 77.0 Å². The van der Waals surface area contributed by atoms with Crippen molar-refractivity contribution in [3.05, 3.63) is 11.6 Å². The molecule has 4 heteroatoms. The van der Waals surface area contributed by atoms with Gasteiger partial charge in [-0.05, 0) is 12.8 Å². The molecule has 0 radical (unpaired) electrons. The molecule has 0 aromatic rings. The Morgan fingerprint density at radius 3 is 3.31 bits per heavy atom. The molecule has 0 aromatic carbocycles. The number of carbonyl (C=O) groups is 1. The Bertz CT molecular complexity index is 250. The minimum atomic E-state index is -0.904. The van der Waals surface area contributed by atoms with Gasteiger partial charge in [0, 0.05) is 25.0 Å². The van der Waals surface area contributed by atoms with Crippen LogP contribution in [0.25, 0.3) is 0 Å². The predicted octanol–water partition coefficient (Wildman–Crippen LogP) is 0.562. The van der Waals surface area contributed by atoms with E-state index in [2.05, 4.69) is 16.7 Å². The van der Waals surface area contributed by atoms with Crippen LogP contribution in [0, 0.1) is 5.92 Å². The maximum atomic E-state index is 10.5. The number of allylic oxidation sites excluding steroid dienone is 1. The van der Waals surface area contributed by atoms with E-state index in [9.17, 15) is 4.79 Å². The fourth-order valence-corrected chi connectivity index (χ4v) is 2.24. The van der Waals surface area contributed by atoms with Crippen LogP contribution in [0.1, 0.15) is 12.8 Å². The molecule has 1 saturated heterocycles. The van der Waals surface area contributed by atoms with E-state index in [1.54, 1.807) is 0 Å². The highest BCUT2D eigenvalue weighted by Gasteiger charge is 2.31. The molecule has 0 bridgehead atoms. The summed E-state index contributed by atoms with van der Waals surface area (Å²) in [4.78, 5) is 10.5. The molecule has 1 amide bonds. The molecule has 72 valence electrons. The first-order valence-corrected chi connectivity index (χ1v) is 4.66. The van der Waals surface area contributed by atoms with Crippen molar-refractivity contribution in [1.82, 2.24) is 10.6 Å². The summed E-state index contributed by atoms with van der Waals surface area (Å²) in [6, 6.07) is 0.118. The molecular formula is C9H14N2O2. The normalized spacial score (nSPS) is 32.2. The van der Waals surface area contributed by atoms with E-state index in [1.807, 2.05) is 0 Å². The fraction of sp³-hybridized carbons (Fsp3) is 0.667. The second-order valence-corrected chi connectivity index (χ2v) is 3.65. The van der Waals surface area contributed by atoms with E-state index in [-0.39, 0.29) is 6.04 Å². The van der Waals surface area contributed by atoms with Gasteiger partial charge in [-0.2, -0.15) is 0 Å². The third-order valence-electron chi connectivity index (χ3n) is 2.85. The number of fused-ring (bicyclic) bond motifs is 1. The van der Waals surface area contributed by atoms with Gasteiger partial charge in [-0.15, -0.1) is 0 Å². The molecule has 3 N–H and O–H groups in total. The van der Waals surface area contributed by atoms with Crippen LogP contribution < -0.4 is 10.6 Å². The van der Waals surface area contributed by atoms with Crippen molar-refractivity contribution in [1.29, 1.82) is 0 Å². The molecule has 2 unspecified atom stereocenters. The zero-order valence-electron chi connectivity index (χ0n) is 7.42. The topological polar surface area (TPSA) is 61.4 Å². The summed E-state index contributed by atoms with van der Waals surface area (Å²) in [5.41, 5.74) is 1.38. The summed E-state index contributed by atoms with van der Waals surface area (Å²) in [6.45, 7) is 1.85. The second-order valence-electron chi connectivity index (χ2n) is 3.65. The molecule has 1 aliphatic heterocycles. The molecule has 2 aliphatic rings. The summed E-state index contributed by atoms with van der Waals surface area (Å²) in [5.74, 6) is 0.393. The highest BCUT2D eigenvalue weighted by molar-refractivity contribution is 5.65. The van der Waals surface area contributed by atoms with Crippen molar-refractivity contribution in [2.75, 3.05) is 13.1 Å². The van der Waals surface area contributed by atoms with Crippen LogP contribution in [0.4, 0.5) is 4.79 Å². The first kappa shape index (κ1) is 8.56. The van der Waals surface area contributed by atoms with Crippen molar-refractivity contribution < 1.29 is 9.90 Å². The van der Waals surface area contributed by atoms with Gasteiger partial charge in [-0.1, -0.05) is 11.6 Å². The van der Waals surface area contributed by atoms with Crippen molar-refractivity contribution in [2.45, 2.75) is 18.9 Å². The molecule has 1 heterocycles. The summed E-state index contributed by atoms with van der Waals surface area (Å²) in [5, 5.41) is 14.5. The van der Waals surface area contributed by atoms with E-state index >= 15 is 0 Å². The highest BCUT2D eigenvalue weighted by Crippen LogP contribution is 2.27. The molecule has 0 spiro atoms. The molecule has 0 saturated carbocycles. The van der Waals surface area contributed by atoms with Gasteiger partial charge in [0.1, 0.15) is 0 Å². The second kappa shape index (κ2) is 3.38. The largest absolute Gasteiger partial charge is 0.465 e. The minimum absolute atomic E-state index is 0.118. The number of amides is 1. The number of rotatable bonds is 1. The van der Waals surface area contributed by atoms with Crippen LogP contribution in [0.3, 0.4) is 0 Å². The van der Waals surface area contributed by atoms with Crippen LogP contribution in [0.15, 0.2) is 11.6 Å². The average Bonchev–Trinajstić information content (AvgIpc) is 2.51. The lowest BCUT2D eigenvalue weighted by atomic mass is 9.85. The van der Waals surface area contributed by atoms with Crippen LogP contribution in [0.5, 0.6) is 0 Å². The van der Waals surface area contributed by atoms with Crippen LogP contribution >= 0.6 is 0 Å². The number of hydrogen-bond donors (Lipinski definition) is 3. The van der Waals surface area contributed by atoms with Crippen molar-refractivity contribution >= 4 is 6.09 Å². The van der Waals surface area contributed by atoms with E-state index in [4.69, 9.17) is 5.11 Å². The van der Waals surface area contributed by atoms with Crippen molar-refractivity contribution in [3.8, 4) is 0 Å². The summed E-state index contributed by atoms with van der Waals surface area (Å²) < 4.78 is 0. The average molecular weight is 182 g/mol. The van der Waals surface area contributed by atoms with Gasteiger partial charge in [0.25, 0.3) is 0 Å². The molecule has 1 fully saturated rings. The quantitative estimate of drug-likeness (QED) is 0.519. The lowest BCUT2D eigenvalue weighted by Crippen LogP contribution is -2.42. The van der Waals surface area contributed by atoms with E-state index < -0.39 is 6.09 Å². The van der Waals surface area contributed by atoms with Crippen LogP contribution in [-0.2, 0) is 0 Å². The first-order valence-electron chi connectivity index (χ1n) is 4.66. The third-order valence-corrected chi connectivity index (χ3v) is 2.85. The Kier molecular flexibility index (Phi) is 2.22. The molecule has 2 atom stereocenters. The zero-order valence-corrected chi connectivity index (χ0v) is 7.42. The standard InChI is InChI=1S/C9H14N2O2/c12-9(13)11-8-3-1-2-6-4-10-5-7(6)8/h2,7-8,10-11H,1,3-5H2,(H,12,13). The number of carboxylic acid groups (broad SMARTS) is 1. The zero-order chi connectivity index (χ0) is 9.26. The summed E-state index contributed by atoms with van der Waals surface area (Å²) >= 11 is 0. The predicted molar refractivity (Wildman–Crippen MR) is 48.6 cm³/mol. The molecule has 4 nitrogen and oxygen atoms in total.